The quantitative estimate of drug-likeness (QED) is 0.398. The second-order valence-electron chi connectivity index (χ2n) is 7.10. The number of amides is 4. The van der Waals surface area contributed by atoms with Gasteiger partial charge >= 0.3 is 0 Å². The first-order valence-corrected chi connectivity index (χ1v) is 10.3. The molecule has 1 aliphatic rings. The van der Waals surface area contributed by atoms with Gasteiger partial charge in [-0.25, -0.2) is 0 Å². The SMILES string of the molecule is CC.CC(=O)[C@H](C)NC(=O)[C@@H](NC(=O)CCCCCN1C(=O)C=CC1=O)C(C)C.[HH].[HH]. The lowest BCUT2D eigenvalue weighted by Gasteiger charge is -2.23. The minimum absolute atomic E-state index is 0. The van der Waals surface area contributed by atoms with Crippen LogP contribution in [0.3, 0.4) is 0 Å². The van der Waals surface area contributed by atoms with E-state index in [0.29, 0.717) is 25.8 Å². The molecule has 0 aliphatic carbocycles. The van der Waals surface area contributed by atoms with Crippen molar-refractivity contribution in [1.29, 1.82) is 0 Å². The first-order valence-electron chi connectivity index (χ1n) is 10.3. The number of nitrogens with zero attached hydrogens (tertiary/aromatic N) is 1. The van der Waals surface area contributed by atoms with Crippen LogP contribution in [0, 0.1) is 5.92 Å². The normalized spacial score (nSPS) is 14.9. The molecule has 168 valence electrons. The van der Waals surface area contributed by atoms with E-state index in [1.165, 1.54) is 24.0 Å². The Kier molecular flexibility index (Phi) is 12.5. The van der Waals surface area contributed by atoms with Crippen molar-refractivity contribution in [2.75, 3.05) is 6.54 Å². The summed E-state index contributed by atoms with van der Waals surface area (Å²) >= 11 is 0. The number of Topliss-reactive ketones (excluding diaryl/α,β-unsaturated/α-hetero) is 1. The van der Waals surface area contributed by atoms with Crippen molar-refractivity contribution in [2.24, 2.45) is 5.92 Å². The van der Waals surface area contributed by atoms with Crippen LogP contribution in [-0.4, -0.2) is 52.9 Å². The predicted octanol–water partition coefficient (Wildman–Crippen LogP) is 2.22. The standard InChI is InChI=1S/C19H29N3O5.C2H6.2H2/c1-12(2)18(19(27)20-13(3)14(4)23)21-15(24)8-6-5-7-11-22-16(25)9-10-17(22)26;1-2;;/h9-10,12-13,18H,5-8,11H2,1-4H3,(H,20,27)(H,21,24);1-2H3;2*1H/t13-,18-;;;/m0.../s1. The van der Waals surface area contributed by atoms with Gasteiger partial charge in [-0.1, -0.05) is 34.1 Å². The van der Waals surface area contributed by atoms with E-state index >= 15 is 0 Å². The molecule has 2 N–H and O–H groups in total. The molecule has 0 saturated heterocycles. The Bertz CT molecular complexity index is 621. The van der Waals surface area contributed by atoms with E-state index in [9.17, 15) is 24.0 Å². The van der Waals surface area contributed by atoms with Gasteiger partial charge in [0.05, 0.1) is 6.04 Å². The topological polar surface area (TPSA) is 113 Å². The number of rotatable bonds is 11. The zero-order valence-corrected chi connectivity index (χ0v) is 18.4. The molecule has 1 heterocycles. The summed E-state index contributed by atoms with van der Waals surface area (Å²) in [4.78, 5) is 59.7. The summed E-state index contributed by atoms with van der Waals surface area (Å²) in [6.07, 6.45) is 4.64. The molecule has 0 saturated carbocycles. The molecule has 1 aliphatic heterocycles. The number of ketones is 1. The average molecular weight is 414 g/mol. The molecule has 0 fully saturated rings. The lowest BCUT2D eigenvalue weighted by molar-refractivity contribution is -0.137. The maximum Gasteiger partial charge on any atom is 0.253 e. The van der Waals surface area contributed by atoms with Crippen molar-refractivity contribution in [3.05, 3.63) is 12.2 Å². The van der Waals surface area contributed by atoms with Crippen molar-refractivity contribution >= 4 is 29.4 Å². The van der Waals surface area contributed by atoms with E-state index in [1.807, 2.05) is 27.7 Å². The molecule has 0 bridgehead atoms. The molecular formula is C21H39N3O5. The van der Waals surface area contributed by atoms with Crippen LogP contribution in [-0.2, 0) is 24.0 Å². The fraction of sp³-hybridized carbons (Fsp3) is 0.667. The van der Waals surface area contributed by atoms with Crippen molar-refractivity contribution < 1.29 is 26.8 Å². The number of carbonyl (C=O) groups excluding carboxylic acids is 5. The summed E-state index contributed by atoms with van der Waals surface area (Å²) in [6, 6.07) is -1.30. The van der Waals surface area contributed by atoms with Gasteiger partial charge < -0.3 is 10.6 Å². The van der Waals surface area contributed by atoms with Gasteiger partial charge in [0.1, 0.15) is 6.04 Å². The van der Waals surface area contributed by atoms with Crippen LogP contribution in [0.25, 0.3) is 0 Å². The summed E-state index contributed by atoms with van der Waals surface area (Å²) < 4.78 is 0. The number of carbonyl (C=O) groups is 5. The van der Waals surface area contributed by atoms with Crippen LogP contribution in [0.15, 0.2) is 12.2 Å². The molecule has 0 spiro atoms. The highest BCUT2D eigenvalue weighted by Crippen LogP contribution is 2.09. The highest BCUT2D eigenvalue weighted by molar-refractivity contribution is 6.12. The van der Waals surface area contributed by atoms with Gasteiger partial charge in [-0.3, -0.25) is 28.9 Å². The number of unbranched alkanes of at least 4 members (excludes halogenated alkanes) is 2. The Hall–Kier alpha value is -2.51. The smallest absolute Gasteiger partial charge is 0.253 e. The summed E-state index contributed by atoms with van der Waals surface area (Å²) in [5.74, 6) is -1.49. The molecule has 0 aromatic rings. The number of nitrogens with one attached hydrogen (secondary N) is 2. The monoisotopic (exact) mass is 413 g/mol. The fourth-order valence-corrected chi connectivity index (χ4v) is 2.57. The second kappa shape index (κ2) is 13.6. The Morgan fingerprint density at radius 1 is 0.966 bits per heavy atom. The van der Waals surface area contributed by atoms with E-state index in [-0.39, 0.29) is 44.6 Å². The molecule has 8 heteroatoms. The molecule has 29 heavy (non-hydrogen) atoms. The third kappa shape index (κ3) is 9.49. The van der Waals surface area contributed by atoms with E-state index in [4.69, 9.17) is 0 Å². The summed E-state index contributed by atoms with van der Waals surface area (Å²) in [7, 11) is 0. The van der Waals surface area contributed by atoms with Crippen LogP contribution in [0.2, 0.25) is 0 Å². The summed E-state index contributed by atoms with van der Waals surface area (Å²) in [5, 5.41) is 5.32. The lowest BCUT2D eigenvalue weighted by Crippen LogP contribution is -2.52. The first kappa shape index (κ1) is 26.5. The van der Waals surface area contributed by atoms with Gasteiger partial charge in [0.2, 0.25) is 11.8 Å². The van der Waals surface area contributed by atoms with Crippen LogP contribution in [0.4, 0.5) is 0 Å². The largest absolute Gasteiger partial charge is 0.345 e. The van der Waals surface area contributed by atoms with Crippen LogP contribution in [0.1, 0.15) is 70.1 Å². The van der Waals surface area contributed by atoms with Gasteiger partial charge in [0.15, 0.2) is 5.78 Å². The molecule has 0 aromatic heterocycles. The van der Waals surface area contributed by atoms with Gasteiger partial charge in [0, 0.05) is 28.0 Å². The van der Waals surface area contributed by atoms with Crippen LogP contribution < -0.4 is 10.6 Å². The summed E-state index contributed by atoms with van der Waals surface area (Å²) in [6.45, 7) is 11.0. The van der Waals surface area contributed by atoms with Crippen LogP contribution >= 0.6 is 0 Å². The first-order chi connectivity index (χ1) is 13.6. The molecule has 2 atom stereocenters. The average Bonchev–Trinajstić information content (AvgIpc) is 2.98. The number of imide groups is 1. The van der Waals surface area contributed by atoms with Crippen molar-refractivity contribution in [2.45, 2.75) is 79.3 Å². The second-order valence-corrected chi connectivity index (χ2v) is 7.10. The molecule has 0 aromatic carbocycles. The van der Waals surface area contributed by atoms with Gasteiger partial charge in [-0.2, -0.15) is 0 Å². The highest BCUT2D eigenvalue weighted by atomic mass is 16.2. The van der Waals surface area contributed by atoms with E-state index < -0.39 is 12.1 Å². The molecule has 4 amide bonds. The lowest BCUT2D eigenvalue weighted by atomic mass is 10.0. The molecule has 1 rings (SSSR count). The van der Waals surface area contributed by atoms with Crippen molar-refractivity contribution in [3.63, 3.8) is 0 Å². The predicted molar refractivity (Wildman–Crippen MR) is 115 cm³/mol. The third-order valence-corrected chi connectivity index (χ3v) is 4.42. The molecule has 0 unspecified atom stereocenters. The van der Waals surface area contributed by atoms with Crippen molar-refractivity contribution in [3.8, 4) is 0 Å². The summed E-state index contributed by atoms with van der Waals surface area (Å²) in [5.41, 5.74) is 0. The zero-order chi connectivity index (χ0) is 22.6. The van der Waals surface area contributed by atoms with Gasteiger partial charge in [-0.15, -0.1) is 0 Å². The van der Waals surface area contributed by atoms with Gasteiger partial charge in [0.25, 0.3) is 11.8 Å². The Morgan fingerprint density at radius 2 is 1.52 bits per heavy atom. The number of hydrogen-bond donors (Lipinski definition) is 2. The zero-order valence-electron chi connectivity index (χ0n) is 18.4. The maximum atomic E-state index is 12.3. The Labute approximate surface area is 176 Å². The third-order valence-electron chi connectivity index (χ3n) is 4.42. The van der Waals surface area contributed by atoms with E-state index in [1.54, 1.807) is 6.92 Å². The highest BCUT2D eigenvalue weighted by Gasteiger charge is 2.26. The molecule has 0 radical (unpaired) electrons. The molecular weight excluding hydrogens is 374 g/mol. The van der Waals surface area contributed by atoms with Crippen molar-refractivity contribution in [1.82, 2.24) is 15.5 Å². The number of hydrogen-bond acceptors (Lipinski definition) is 5. The maximum absolute atomic E-state index is 12.3. The Balaban J connectivity index is -0.00000190. The minimum atomic E-state index is -0.704. The molecule has 8 nitrogen and oxygen atoms in total. The van der Waals surface area contributed by atoms with E-state index in [2.05, 4.69) is 10.6 Å². The van der Waals surface area contributed by atoms with E-state index in [0.717, 1.165) is 0 Å². The Morgan fingerprint density at radius 3 is 2.00 bits per heavy atom. The van der Waals surface area contributed by atoms with Crippen LogP contribution in [0.5, 0.6) is 0 Å². The minimum Gasteiger partial charge on any atom is -0.345 e. The fourth-order valence-electron chi connectivity index (χ4n) is 2.57. The van der Waals surface area contributed by atoms with Gasteiger partial charge in [-0.05, 0) is 32.6 Å².